The Bertz CT molecular complexity index is 979. The van der Waals surface area contributed by atoms with E-state index >= 15 is 0 Å². The van der Waals surface area contributed by atoms with Crippen molar-refractivity contribution in [1.29, 1.82) is 0 Å². The highest BCUT2D eigenvalue weighted by molar-refractivity contribution is 6.04. The Kier molecular flexibility index (Phi) is 4.80. The molecule has 0 bridgehead atoms. The summed E-state index contributed by atoms with van der Waals surface area (Å²) in [7, 11) is 3.14. The second kappa shape index (κ2) is 7.04. The molecule has 5 heteroatoms. The van der Waals surface area contributed by atoms with E-state index in [-0.39, 0.29) is 11.5 Å². The molecule has 134 valence electrons. The molecule has 0 radical (unpaired) electrons. The number of fused-ring (bicyclic) bond motifs is 1. The summed E-state index contributed by atoms with van der Waals surface area (Å²) in [6.45, 7) is 4.14. The van der Waals surface area contributed by atoms with E-state index in [9.17, 15) is 9.90 Å². The Balaban J connectivity index is 2.30. The summed E-state index contributed by atoms with van der Waals surface area (Å²) in [4.78, 5) is 16.6. The van der Waals surface area contributed by atoms with Crippen molar-refractivity contribution in [2.45, 2.75) is 19.8 Å². The van der Waals surface area contributed by atoms with Crippen LogP contribution in [-0.2, 0) is 0 Å². The van der Waals surface area contributed by atoms with E-state index in [0.29, 0.717) is 28.1 Å². The second-order valence-electron chi connectivity index (χ2n) is 6.33. The number of hydrogen-bond acceptors (Lipinski definition) is 4. The molecule has 0 saturated carbocycles. The fourth-order valence-electron chi connectivity index (χ4n) is 3.06. The van der Waals surface area contributed by atoms with Gasteiger partial charge in [-0.25, -0.2) is 9.78 Å². The third-order valence-corrected chi connectivity index (χ3v) is 4.40. The number of rotatable bonds is 5. The molecule has 3 rings (SSSR count). The first-order valence-electron chi connectivity index (χ1n) is 8.35. The molecule has 1 heterocycles. The largest absolute Gasteiger partial charge is 0.493 e. The predicted molar refractivity (Wildman–Crippen MR) is 101 cm³/mol. The van der Waals surface area contributed by atoms with Crippen LogP contribution in [0.2, 0.25) is 0 Å². The lowest BCUT2D eigenvalue weighted by Crippen LogP contribution is -2.03. The number of carboxylic acid groups (broad SMARTS) is 1. The number of methoxy groups -OCH3 is 2. The zero-order valence-corrected chi connectivity index (χ0v) is 15.2. The molecule has 0 amide bonds. The van der Waals surface area contributed by atoms with Crippen molar-refractivity contribution in [3.63, 3.8) is 0 Å². The number of carboxylic acids is 1. The van der Waals surface area contributed by atoms with Gasteiger partial charge in [0.05, 0.1) is 31.0 Å². The van der Waals surface area contributed by atoms with E-state index in [1.54, 1.807) is 38.5 Å². The molecule has 0 spiro atoms. The van der Waals surface area contributed by atoms with Gasteiger partial charge in [0.15, 0.2) is 11.5 Å². The van der Waals surface area contributed by atoms with Gasteiger partial charge >= 0.3 is 5.97 Å². The van der Waals surface area contributed by atoms with Gasteiger partial charge in [0, 0.05) is 10.9 Å². The summed E-state index contributed by atoms with van der Waals surface area (Å²) < 4.78 is 10.6. The minimum Gasteiger partial charge on any atom is -0.493 e. The molecule has 3 aromatic rings. The average Bonchev–Trinajstić information content (AvgIpc) is 2.65. The van der Waals surface area contributed by atoms with Gasteiger partial charge in [-0.3, -0.25) is 0 Å². The molecule has 0 saturated heterocycles. The predicted octanol–water partition coefficient (Wildman–Crippen LogP) is 4.74. The number of pyridine rings is 1. The van der Waals surface area contributed by atoms with Crippen LogP contribution in [0.5, 0.6) is 11.5 Å². The van der Waals surface area contributed by atoms with Crippen molar-refractivity contribution in [1.82, 2.24) is 4.98 Å². The van der Waals surface area contributed by atoms with Crippen molar-refractivity contribution in [2.24, 2.45) is 0 Å². The molecule has 1 aromatic heterocycles. The molecule has 2 aromatic carbocycles. The van der Waals surface area contributed by atoms with Crippen molar-refractivity contribution in [2.75, 3.05) is 14.2 Å². The van der Waals surface area contributed by atoms with E-state index in [4.69, 9.17) is 14.5 Å². The number of para-hydroxylation sites is 1. The summed E-state index contributed by atoms with van der Waals surface area (Å²) in [6, 6.07) is 12.7. The summed E-state index contributed by atoms with van der Waals surface area (Å²) in [5, 5.41) is 10.3. The third kappa shape index (κ3) is 3.08. The first-order valence-corrected chi connectivity index (χ1v) is 8.35. The first-order chi connectivity index (χ1) is 12.5. The van der Waals surface area contributed by atoms with Crippen LogP contribution in [0.15, 0.2) is 42.5 Å². The van der Waals surface area contributed by atoms with Crippen LogP contribution in [0.4, 0.5) is 0 Å². The summed E-state index contributed by atoms with van der Waals surface area (Å²) in [5.74, 6) is 0.438. The zero-order chi connectivity index (χ0) is 18.8. The Morgan fingerprint density at radius 1 is 1.04 bits per heavy atom. The van der Waals surface area contributed by atoms with E-state index in [0.717, 1.165) is 11.1 Å². The van der Waals surface area contributed by atoms with Crippen LogP contribution in [0, 0.1) is 0 Å². The lowest BCUT2D eigenvalue weighted by molar-refractivity contribution is 0.0699. The smallest absolute Gasteiger partial charge is 0.336 e. The maximum absolute atomic E-state index is 11.8. The highest BCUT2D eigenvalue weighted by Gasteiger charge is 2.17. The Morgan fingerprint density at radius 2 is 1.77 bits per heavy atom. The first kappa shape index (κ1) is 17.7. The van der Waals surface area contributed by atoms with E-state index in [1.165, 1.54) is 0 Å². The van der Waals surface area contributed by atoms with Crippen LogP contribution in [0.25, 0.3) is 22.2 Å². The molecule has 0 aliphatic heterocycles. The molecule has 0 aliphatic rings. The zero-order valence-electron chi connectivity index (χ0n) is 15.2. The van der Waals surface area contributed by atoms with Gasteiger partial charge < -0.3 is 14.6 Å². The molecule has 0 aliphatic carbocycles. The minimum atomic E-state index is -0.972. The molecular formula is C21H21NO4. The van der Waals surface area contributed by atoms with Gasteiger partial charge in [-0.2, -0.15) is 0 Å². The van der Waals surface area contributed by atoms with Crippen LogP contribution < -0.4 is 9.47 Å². The van der Waals surface area contributed by atoms with E-state index in [1.807, 2.05) is 18.2 Å². The maximum atomic E-state index is 11.8. The van der Waals surface area contributed by atoms with Gasteiger partial charge in [-0.05, 0) is 35.7 Å². The van der Waals surface area contributed by atoms with Gasteiger partial charge in [0.25, 0.3) is 0 Å². The molecule has 5 nitrogen and oxygen atoms in total. The van der Waals surface area contributed by atoms with Crippen molar-refractivity contribution < 1.29 is 19.4 Å². The van der Waals surface area contributed by atoms with Gasteiger partial charge in [-0.1, -0.05) is 32.0 Å². The van der Waals surface area contributed by atoms with Crippen LogP contribution in [0.3, 0.4) is 0 Å². The third-order valence-electron chi connectivity index (χ3n) is 4.40. The number of ether oxygens (including phenoxy) is 2. The topological polar surface area (TPSA) is 68.7 Å². The fraction of sp³-hybridized carbons (Fsp3) is 0.238. The Labute approximate surface area is 152 Å². The van der Waals surface area contributed by atoms with E-state index in [2.05, 4.69) is 13.8 Å². The number of aromatic nitrogens is 1. The fourth-order valence-corrected chi connectivity index (χ4v) is 3.06. The highest BCUT2D eigenvalue weighted by atomic mass is 16.5. The highest BCUT2D eigenvalue weighted by Crippen LogP contribution is 2.34. The normalized spacial score (nSPS) is 11.0. The van der Waals surface area contributed by atoms with Crippen LogP contribution >= 0.6 is 0 Å². The van der Waals surface area contributed by atoms with Crippen molar-refractivity contribution in [3.05, 3.63) is 53.6 Å². The SMILES string of the molecule is COc1ccc(-c2cc(C(=O)O)c3cccc(C(C)C)c3n2)cc1OC. The average molecular weight is 351 g/mol. The van der Waals surface area contributed by atoms with Crippen LogP contribution in [0.1, 0.15) is 35.7 Å². The second-order valence-corrected chi connectivity index (χ2v) is 6.33. The maximum Gasteiger partial charge on any atom is 0.336 e. The monoisotopic (exact) mass is 351 g/mol. The summed E-state index contributed by atoms with van der Waals surface area (Å²) >= 11 is 0. The minimum absolute atomic E-state index is 0.230. The standard InChI is InChI=1S/C21H21NO4/c1-12(2)14-6-5-7-15-16(21(23)24)11-17(22-20(14)15)13-8-9-18(25-3)19(10-13)26-4/h5-12H,1-4H3,(H,23,24). The summed E-state index contributed by atoms with van der Waals surface area (Å²) in [5.41, 5.74) is 3.33. The van der Waals surface area contributed by atoms with Crippen molar-refractivity contribution in [3.8, 4) is 22.8 Å². The molecule has 1 N–H and O–H groups in total. The van der Waals surface area contributed by atoms with Gasteiger partial charge in [0.1, 0.15) is 0 Å². The van der Waals surface area contributed by atoms with Crippen molar-refractivity contribution >= 4 is 16.9 Å². The number of hydrogen-bond donors (Lipinski definition) is 1. The lowest BCUT2D eigenvalue weighted by Gasteiger charge is -2.14. The Hall–Kier alpha value is -3.08. The van der Waals surface area contributed by atoms with Gasteiger partial charge in [-0.15, -0.1) is 0 Å². The Morgan fingerprint density at radius 3 is 2.38 bits per heavy atom. The van der Waals surface area contributed by atoms with E-state index < -0.39 is 5.97 Å². The number of carbonyl (C=O) groups is 1. The number of aromatic carboxylic acids is 1. The quantitative estimate of drug-likeness (QED) is 0.719. The lowest BCUT2D eigenvalue weighted by atomic mass is 9.96. The van der Waals surface area contributed by atoms with Crippen LogP contribution in [-0.4, -0.2) is 30.3 Å². The number of nitrogens with zero attached hydrogens (tertiary/aromatic N) is 1. The molecule has 0 atom stereocenters. The molecule has 0 unspecified atom stereocenters. The molecule has 0 fully saturated rings. The molecule has 26 heavy (non-hydrogen) atoms. The van der Waals surface area contributed by atoms with Gasteiger partial charge in [0.2, 0.25) is 0 Å². The number of benzene rings is 2. The molecular weight excluding hydrogens is 330 g/mol. The summed E-state index contributed by atoms with van der Waals surface area (Å²) in [6.07, 6.45) is 0.